The van der Waals surface area contributed by atoms with E-state index in [1.54, 1.807) is 18.2 Å². The van der Waals surface area contributed by atoms with Crippen LogP contribution in [0.2, 0.25) is 5.02 Å². The summed E-state index contributed by atoms with van der Waals surface area (Å²) in [4.78, 5) is 23.6. The molecule has 0 unspecified atom stereocenters. The maximum atomic E-state index is 11.8. The molecule has 0 radical (unpaired) electrons. The Morgan fingerprint density at radius 2 is 1.59 bits per heavy atom. The lowest BCUT2D eigenvalue weighted by Crippen LogP contribution is -2.45. The Hall–Kier alpha value is -1.77. The quantitative estimate of drug-likeness (QED) is 0.563. The van der Waals surface area contributed by atoms with Crippen LogP contribution >= 0.6 is 43.5 Å². The van der Waals surface area contributed by atoms with E-state index in [1.807, 2.05) is 26.0 Å². The van der Waals surface area contributed by atoms with E-state index in [1.165, 1.54) is 0 Å². The van der Waals surface area contributed by atoms with Crippen LogP contribution in [0.25, 0.3) is 0 Å². The van der Waals surface area contributed by atoms with E-state index in [4.69, 9.17) is 21.1 Å². The zero-order valence-electron chi connectivity index (χ0n) is 14.6. The van der Waals surface area contributed by atoms with Crippen molar-refractivity contribution in [3.63, 3.8) is 0 Å². The van der Waals surface area contributed by atoms with Gasteiger partial charge in [-0.1, -0.05) is 27.5 Å². The molecule has 0 atom stereocenters. The molecule has 0 aliphatic rings. The number of rotatable bonds is 6. The van der Waals surface area contributed by atoms with Crippen LogP contribution in [0.4, 0.5) is 0 Å². The summed E-state index contributed by atoms with van der Waals surface area (Å²) in [7, 11) is 0. The van der Waals surface area contributed by atoms with Crippen molar-refractivity contribution in [2.75, 3.05) is 13.2 Å². The van der Waals surface area contributed by atoms with Gasteiger partial charge in [-0.25, -0.2) is 0 Å². The van der Waals surface area contributed by atoms with Gasteiger partial charge in [0.05, 0.1) is 4.47 Å². The monoisotopic (exact) mass is 518 g/mol. The second-order valence-corrected chi connectivity index (χ2v) is 7.80. The molecule has 0 bridgehead atoms. The lowest BCUT2D eigenvalue weighted by atomic mass is 10.2. The molecule has 0 spiro atoms. The van der Waals surface area contributed by atoms with Gasteiger partial charge < -0.3 is 9.47 Å². The molecule has 0 saturated heterocycles. The van der Waals surface area contributed by atoms with Crippen LogP contribution in [0.5, 0.6) is 11.5 Å². The Kier molecular flexibility index (Phi) is 7.94. The maximum absolute atomic E-state index is 11.8. The highest BCUT2D eigenvalue weighted by Crippen LogP contribution is 2.32. The lowest BCUT2D eigenvalue weighted by Gasteiger charge is -2.12. The van der Waals surface area contributed by atoms with Gasteiger partial charge in [-0.2, -0.15) is 0 Å². The number of hydrogen-bond acceptors (Lipinski definition) is 4. The molecule has 0 aromatic heterocycles. The number of nitrogens with one attached hydrogen (secondary N) is 2. The molecule has 0 saturated carbocycles. The first-order valence-corrected chi connectivity index (χ1v) is 9.77. The first-order valence-electron chi connectivity index (χ1n) is 7.81. The van der Waals surface area contributed by atoms with Crippen molar-refractivity contribution in [1.82, 2.24) is 10.9 Å². The number of benzene rings is 2. The van der Waals surface area contributed by atoms with E-state index in [2.05, 4.69) is 42.7 Å². The number of aryl methyl sites for hydroxylation is 2. The first-order chi connectivity index (χ1) is 12.8. The minimum atomic E-state index is -0.503. The molecule has 2 aromatic rings. The summed E-state index contributed by atoms with van der Waals surface area (Å²) in [6.45, 7) is 3.19. The van der Waals surface area contributed by atoms with Gasteiger partial charge in [0.1, 0.15) is 11.5 Å². The molecule has 0 heterocycles. The molecular weight excluding hydrogens is 503 g/mol. The lowest BCUT2D eigenvalue weighted by molar-refractivity contribution is -0.131. The highest BCUT2D eigenvalue weighted by Gasteiger charge is 2.11. The zero-order chi connectivity index (χ0) is 20.0. The van der Waals surface area contributed by atoms with Crippen molar-refractivity contribution in [2.24, 2.45) is 0 Å². The normalized spacial score (nSPS) is 10.3. The molecule has 27 heavy (non-hydrogen) atoms. The van der Waals surface area contributed by atoms with Gasteiger partial charge in [0.2, 0.25) is 0 Å². The van der Waals surface area contributed by atoms with Gasteiger partial charge in [0.25, 0.3) is 11.8 Å². The molecule has 2 N–H and O–H groups in total. The fraction of sp³-hybridized carbons (Fsp3) is 0.222. The van der Waals surface area contributed by atoms with Crippen LogP contribution < -0.4 is 20.3 Å². The zero-order valence-corrected chi connectivity index (χ0v) is 18.5. The number of carbonyl (C=O) groups is 2. The van der Waals surface area contributed by atoms with Crippen LogP contribution in [0.1, 0.15) is 11.1 Å². The number of halogens is 3. The molecule has 0 aliphatic heterocycles. The van der Waals surface area contributed by atoms with Gasteiger partial charge in [0, 0.05) is 9.50 Å². The average molecular weight is 521 g/mol. The molecule has 9 heteroatoms. The number of ether oxygens (including phenoxy) is 2. The van der Waals surface area contributed by atoms with E-state index in [-0.39, 0.29) is 13.2 Å². The van der Waals surface area contributed by atoms with Gasteiger partial charge in [-0.15, -0.1) is 0 Å². The fourth-order valence-electron chi connectivity index (χ4n) is 2.08. The van der Waals surface area contributed by atoms with Gasteiger partial charge in [0.15, 0.2) is 13.2 Å². The summed E-state index contributed by atoms with van der Waals surface area (Å²) in [5.41, 5.74) is 6.24. The average Bonchev–Trinajstić information content (AvgIpc) is 2.60. The van der Waals surface area contributed by atoms with Crippen LogP contribution in [0.3, 0.4) is 0 Å². The van der Waals surface area contributed by atoms with E-state index >= 15 is 0 Å². The number of carbonyl (C=O) groups excluding carboxylic acids is 2. The van der Waals surface area contributed by atoms with Crippen molar-refractivity contribution in [2.45, 2.75) is 13.8 Å². The summed E-state index contributed by atoms with van der Waals surface area (Å²) in [6, 6.07) is 8.76. The Balaban J connectivity index is 1.75. The third-order valence-electron chi connectivity index (χ3n) is 3.38. The molecule has 2 rings (SSSR count). The highest BCUT2D eigenvalue weighted by molar-refractivity contribution is 9.11. The molecule has 2 aromatic carbocycles. The van der Waals surface area contributed by atoms with Gasteiger partial charge in [-0.05, 0) is 71.2 Å². The second kappa shape index (κ2) is 9.96. The first kappa shape index (κ1) is 21.5. The molecule has 0 aliphatic carbocycles. The number of amides is 2. The Labute approximate surface area is 178 Å². The summed E-state index contributed by atoms with van der Waals surface area (Å²) < 4.78 is 12.5. The maximum Gasteiger partial charge on any atom is 0.276 e. The van der Waals surface area contributed by atoms with E-state index in [0.29, 0.717) is 16.5 Å². The predicted molar refractivity (Wildman–Crippen MR) is 110 cm³/mol. The standard InChI is InChI=1S/C18H17Br2ClN2O4/c1-10-6-13(3-4-15(10)21)26-8-16(24)22-23-17(25)9-27-18-11(2)5-12(19)7-14(18)20/h3-7H,8-9H2,1-2H3,(H,22,24)(H,23,25). The van der Waals surface area contributed by atoms with Crippen LogP contribution in [-0.2, 0) is 9.59 Å². The highest BCUT2D eigenvalue weighted by atomic mass is 79.9. The van der Waals surface area contributed by atoms with Crippen LogP contribution in [-0.4, -0.2) is 25.0 Å². The third kappa shape index (κ3) is 6.71. The van der Waals surface area contributed by atoms with Crippen molar-refractivity contribution in [3.8, 4) is 11.5 Å². The van der Waals surface area contributed by atoms with E-state index in [0.717, 1.165) is 20.1 Å². The van der Waals surface area contributed by atoms with Crippen LogP contribution in [0, 0.1) is 13.8 Å². The minimum Gasteiger partial charge on any atom is -0.484 e. The van der Waals surface area contributed by atoms with E-state index in [9.17, 15) is 9.59 Å². The molecule has 6 nitrogen and oxygen atoms in total. The van der Waals surface area contributed by atoms with E-state index < -0.39 is 11.8 Å². The molecule has 0 fully saturated rings. The van der Waals surface area contributed by atoms with Crippen molar-refractivity contribution in [3.05, 3.63) is 55.4 Å². The second-order valence-electron chi connectivity index (χ2n) is 5.62. The van der Waals surface area contributed by atoms with Crippen molar-refractivity contribution < 1.29 is 19.1 Å². The van der Waals surface area contributed by atoms with Crippen molar-refractivity contribution >= 4 is 55.3 Å². The molecule has 144 valence electrons. The molecular formula is C18H17Br2ClN2O4. The number of hydrazine groups is 1. The summed E-state index contributed by atoms with van der Waals surface area (Å²) in [5, 5.41) is 0.617. The number of hydrogen-bond donors (Lipinski definition) is 2. The Morgan fingerprint density at radius 1 is 0.963 bits per heavy atom. The minimum absolute atomic E-state index is 0.250. The third-order valence-corrected chi connectivity index (χ3v) is 4.85. The summed E-state index contributed by atoms with van der Waals surface area (Å²) >= 11 is 12.7. The van der Waals surface area contributed by atoms with Crippen LogP contribution in [0.15, 0.2) is 39.3 Å². The summed E-state index contributed by atoms with van der Waals surface area (Å²) in [5.74, 6) is 0.0650. The largest absolute Gasteiger partial charge is 0.484 e. The topological polar surface area (TPSA) is 76.7 Å². The molecule has 2 amide bonds. The fourth-order valence-corrected chi connectivity index (χ4v) is 3.75. The van der Waals surface area contributed by atoms with Gasteiger partial charge in [-0.3, -0.25) is 20.4 Å². The Morgan fingerprint density at radius 3 is 2.19 bits per heavy atom. The van der Waals surface area contributed by atoms with Gasteiger partial charge >= 0.3 is 0 Å². The van der Waals surface area contributed by atoms with Crippen molar-refractivity contribution in [1.29, 1.82) is 0 Å². The summed E-state index contributed by atoms with van der Waals surface area (Å²) in [6.07, 6.45) is 0. The SMILES string of the molecule is Cc1cc(OCC(=O)NNC(=O)COc2c(C)cc(Br)cc2Br)ccc1Cl. The predicted octanol–water partition coefficient (Wildman–Crippen LogP) is 4.09. The Bertz CT molecular complexity index is 838. The smallest absolute Gasteiger partial charge is 0.276 e.